The molecule has 1 atom stereocenters. The van der Waals surface area contributed by atoms with Gasteiger partial charge in [-0.15, -0.1) is 0 Å². The Hall–Kier alpha value is -3.07. The summed E-state index contributed by atoms with van der Waals surface area (Å²) in [6.45, 7) is 5.34. The van der Waals surface area contributed by atoms with Crippen molar-refractivity contribution in [3.63, 3.8) is 0 Å². The van der Waals surface area contributed by atoms with Crippen molar-refractivity contribution in [2.24, 2.45) is 5.92 Å². The van der Waals surface area contributed by atoms with Crippen molar-refractivity contribution in [1.82, 2.24) is 15.3 Å². The van der Waals surface area contributed by atoms with Crippen molar-refractivity contribution in [2.45, 2.75) is 38.7 Å². The van der Waals surface area contributed by atoms with Gasteiger partial charge in [0.1, 0.15) is 5.82 Å². The molecular formula is C22H23ClF2N4O3. The molecule has 1 fully saturated rings. The number of amides is 2. The van der Waals surface area contributed by atoms with Crippen LogP contribution in [-0.4, -0.2) is 34.3 Å². The lowest BCUT2D eigenvalue weighted by atomic mass is 10.1. The zero-order valence-electron chi connectivity index (χ0n) is 17.6. The number of aromatic nitrogens is 2. The molecule has 7 nitrogen and oxygen atoms in total. The third-order valence-corrected chi connectivity index (χ3v) is 5.23. The molecule has 0 aliphatic heterocycles. The van der Waals surface area contributed by atoms with Gasteiger partial charge in [0, 0.05) is 24.4 Å². The van der Waals surface area contributed by atoms with Gasteiger partial charge in [0.05, 0.1) is 16.6 Å². The molecule has 3 rings (SSSR count). The lowest BCUT2D eigenvalue weighted by molar-refractivity contribution is -0.117. The average molecular weight is 465 g/mol. The first-order valence-corrected chi connectivity index (χ1v) is 10.3. The number of carbonyl (C=O) groups is 2. The van der Waals surface area contributed by atoms with Crippen molar-refractivity contribution >= 4 is 29.2 Å². The van der Waals surface area contributed by atoms with Gasteiger partial charge in [-0.25, -0.2) is 9.97 Å². The zero-order valence-corrected chi connectivity index (χ0v) is 18.4. The fourth-order valence-corrected chi connectivity index (χ4v) is 2.82. The van der Waals surface area contributed by atoms with Gasteiger partial charge in [-0.1, -0.05) is 24.2 Å². The molecule has 2 N–H and O–H groups in total. The van der Waals surface area contributed by atoms with Crippen LogP contribution in [0.4, 0.5) is 14.6 Å². The second kappa shape index (κ2) is 9.60. The quantitative estimate of drug-likeness (QED) is 0.531. The molecule has 0 radical (unpaired) electrons. The van der Waals surface area contributed by atoms with Crippen LogP contribution in [-0.2, 0) is 4.79 Å². The minimum Gasteiger partial charge on any atom is -0.471 e. The second-order valence-corrected chi connectivity index (χ2v) is 8.12. The summed E-state index contributed by atoms with van der Waals surface area (Å²) in [6.07, 6.45) is 4.42. The fourth-order valence-electron chi connectivity index (χ4n) is 2.63. The maximum Gasteiger partial charge on any atom is 0.302 e. The molecule has 10 heteroatoms. The number of nitrogens with zero attached hydrogens (tertiary/aromatic N) is 2. The third-order valence-electron chi connectivity index (χ3n) is 4.93. The summed E-state index contributed by atoms with van der Waals surface area (Å²) in [7, 11) is 0. The molecular weight excluding hydrogens is 442 g/mol. The molecule has 2 aromatic rings. The molecule has 1 saturated carbocycles. The van der Waals surface area contributed by atoms with E-state index in [0.29, 0.717) is 5.56 Å². The van der Waals surface area contributed by atoms with E-state index in [9.17, 15) is 18.4 Å². The number of rotatable bonds is 9. The summed E-state index contributed by atoms with van der Waals surface area (Å²) in [5.74, 6) is -3.47. The van der Waals surface area contributed by atoms with E-state index in [1.54, 1.807) is 13.0 Å². The molecule has 0 bridgehead atoms. The monoisotopic (exact) mass is 464 g/mol. The Labute approximate surface area is 189 Å². The summed E-state index contributed by atoms with van der Waals surface area (Å²) in [5, 5.41) is 5.60. The highest BCUT2D eigenvalue weighted by Gasteiger charge is 2.31. The predicted molar refractivity (Wildman–Crippen MR) is 116 cm³/mol. The Kier molecular flexibility index (Phi) is 7.08. The van der Waals surface area contributed by atoms with Crippen molar-refractivity contribution < 1.29 is 23.1 Å². The van der Waals surface area contributed by atoms with Gasteiger partial charge in [0.2, 0.25) is 11.8 Å². The van der Waals surface area contributed by atoms with Crippen LogP contribution in [0.15, 0.2) is 42.7 Å². The highest BCUT2D eigenvalue weighted by atomic mass is 35.5. The number of pyridine rings is 2. The van der Waals surface area contributed by atoms with E-state index in [1.807, 2.05) is 0 Å². The molecule has 32 heavy (non-hydrogen) atoms. The number of nitrogens with one attached hydrogen (secondary N) is 2. The molecule has 170 valence electrons. The summed E-state index contributed by atoms with van der Waals surface area (Å²) in [6, 6.07) is 4.01. The summed E-state index contributed by atoms with van der Waals surface area (Å²) < 4.78 is 32.2. The van der Waals surface area contributed by atoms with E-state index < -0.39 is 24.5 Å². The second-order valence-electron chi connectivity index (χ2n) is 7.71. The first-order chi connectivity index (χ1) is 15.1. The molecule has 2 aromatic heterocycles. The standard InChI is InChI=1S/C22H23ClF2N4O3/c1-12(2)22(24,25)11-32-19-7-6-15(9-27-19)13(3)28-21(31)16-8-18(26-10-17(16)23)29-20(30)14-4-5-14/h6-10,13-14H,1,4-5,11H2,2-3H3,(H,28,31)(H,26,29,30). The van der Waals surface area contributed by atoms with Crippen LogP contribution in [0.2, 0.25) is 5.02 Å². The highest BCUT2D eigenvalue weighted by Crippen LogP contribution is 2.30. The van der Waals surface area contributed by atoms with E-state index >= 15 is 0 Å². The molecule has 0 saturated heterocycles. The molecule has 1 aliphatic rings. The number of anilines is 1. The van der Waals surface area contributed by atoms with Crippen molar-refractivity contribution in [3.8, 4) is 5.88 Å². The lowest BCUT2D eigenvalue weighted by Gasteiger charge is -2.17. The average Bonchev–Trinajstić information content (AvgIpc) is 3.59. The number of halogens is 3. The van der Waals surface area contributed by atoms with Crippen LogP contribution in [0, 0.1) is 5.92 Å². The number of ether oxygens (including phenoxy) is 1. The van der Waals surface area contributed by atoms with E-state index in [1.165, 1.54) is 31.5 Å². The molecule has 1 aliphatic carbocycles. The Morgan fingerprint density at radius 3 is 2.62 bits per heavy atom. The number of hydrogen-bond acceptors (Lipinski definition) is 5. The van der Waals surface area contributed by atoms with Crippen molar-refractivity contribution in [1.29, 1.82) is 0 Å². The van der Waals surface area contributed by atoms with E-state index in [-0.39, 0.29) is 39.7 Å². The predicted octanol–water partition coefficient (Wildman–Crippen LogP) is 4.56. The van der Waals surface area contributed by atoms with Gasteiger partial charge in [-0.2, -0.15) is 8.78 Å². The lowest BCUT2D eigenvalue weighted by Crippen LogP contribution is -2.28. The van der Waals surface area contributed by atoms with E-state index in [0.717, 1.165) is 12.8 Å². The van der Waals surface area contributed by atoms with Crippen LogP contribution in [0.5, 0.6) is 5.88 Å². The minimum absolute atomic E-state index is 0.00347. The summed E-state index contributed by atoms with van der Waals surface area (Å²) >= 11 is 6.11. The summed E-state index contributed by atoms with van der Waals surface area (Å²) in [5.41, 5.74) is 0.495. The Morgan fingerprint density at radius 1 is 1.31 bits per heavy atom. The number of hydrogen-bond donors (Lipinski definition) is 2. The molecule has 1 unspecified atom stereocenters. The van der Waals surface area contributed by atoms with Crippen LogP contribution < -0.4 is 15.4 Å². The van der Waals surface area contributed by atoms with Gasteiger partial charge in [-0.3, -0.25) is 9.59 Å². The van der Waals surface area contributed by atoms with Gasteiger partial charge >= 0.3 is 5.92 Å². The maximum absolute atomic E-state index is 13.6. The largest absolute Gasteiger partial charge is 0.471 e. The van der Waals surface area contributed by atoms with Gasteiger partial charge in [0.15, 0.2) is 6.61 Å². The van der Waals surface area contributed by atoms with Gasteiger partial charge in [0.25, 0.3) is 5.91 Å². The summed E-state index contributed by atoms with van der Waals surface area (Å²) in [4.78, 5) is 32.7. The normalized spacial score (nSPS) is 14.4. The first kappa shape index (κ1) is 23.6. The SMILES string of the molecule is C=C(C)C(F)(F)COc1ccc(C(C)NC(=O)c2cc(NC(=O)C3CC3)ncc2Cl)cn1. The third kappa shape index (κ3) is 6.00. The highest BCUT2D eigenvalue weighted by molar-refractivity contribution is 6.33. The maximum atomic E-state index is 13.6. The van der Waals surface area contributed by atoms with Crippen molar-refractivity contribution in [3.05, 3.63) is 58.9 Å². The minimum atomic E-state index is -3.15. The molecule has 0 spiro atoms. The van der Waals surface area contributed by atoms with E-state index in [4.69, 9.17) is 16.3 Å². The van der Waals surface area contributed by atoms with Crippen LogP contribution in [0.25, 0.3) is 0 Å². The first-order valence-electron chi connectivity index (χ1n) is 9.96. The topological polar surface area (TPSA) is 93.2 Å². The van der Waals surface area contributed by atoms with Gasteiger partial charge in [-0.05, 0) is 43.9 Å². The molecule has 0 aromatic carbocycles. The van der Waals surface area contributed by atoms with E-state index in [2.05, 4.69) is 27.2 Å². The van der Waals surface area contributed by atoms with Crippen LogP contribution >= 0.6 is 11.6 Å². The number of alkyl halides is 2. The van der Waals surface area contributed by atoms with Gasteiger partial charge < -0.3 is 15.4 Å². The Morgan fingerprint density at radius 2 is 2.03 bits per heavy atom. The zero-order chi connectivity index (χ0) is 23.5. The Bertz CT molecular complexity index is 1030. The number of carbonyl (C=O) groups excluding carboxylic acids is 2. The van der Waals surface area contributed by atoms with Crippen LogP contribution in [0.1, 0.15) is 48.7 Å². The molecule has 2 amide bonds. The smallest absolute Gasteiger partial charge is 0.302 e. The van der Waals surface area contributed by atoms with Crippen LogP contribution in [0.3, 0.4) is 0 Å². The van der Waals surface area contributed by atoms with Crippen molar-refractivity contribution in [2.75, 3.05) is 11.9 Å². The fraction of sp³-hybridized carbons (Fsp3) is 0.364. The Balaban J connectivity index is 1.61. The molecule has 2 heterocycles.